The molecule has 0 spiro atoms. The van der Waals surface area contributed by atoms with Crippen molar-refractivity contribution in [3.63, 3.8) is 0 Å². The number of hydrogen-bond acceptors (Lipinski definition) is 4. The number of nitrogens with one attached hydrogen (secondary N) is 1. The number of hydrogen-bond donors (Lipinski definition) is 1. The van der Waals surface area contributed by atoms with E-state index in [4.69, 9.17) is 0 Å². The van der Waals surface area contributed by atoms with Crippen molar-refractivity contribution in [1.82, 2.24) is 9.97 Å². The molecule has 0 aliphatic rings. The first-order chi connectivity index (χ1) is 6.36. The topological polar surface area (TPSA) is 37.8 Å². The normalized spacial score (nSPS) is 10.0. The van der Waals surface area contributed by atoms with E-state index >= 15 is 0 Å². The molecule has 4 heteroatoms. The van der Waals surface area contributed by atoms with Gasteiger partial charge in [0.25, 0.3) is 0 Å². The maximum atomic E-state index is 4.32. The lowest BCUT2D eigenvalue weighted by atomic mass is 10.5. The van der Waals surface area contributed by atoms with Gasteiger partial charge in [-0.2, -0.15) is 11.8 Å². The summed E-state index contributed by atoms with van der Waals surface area (Å²) >= 11 is 1.87. The minimum Gasteiger partial charge on any atom is -0.373 e. The fourth-order valence-electron chi connectivity index (χ4n) is 0.916. The van der Waals surface area contributed by atoms with Gasteiger partial charge in [0.15, 0.2) is 0 Å². The van der Waals surface area contributed by atoms with Gasteiger partial charge >= 0.3 is 0 Å². The maximum absolute atomic E-state index is 4.32. The van der Waals surface area contributed by atoms with Crippen molar-refractivity contribution in [3.05, 3.63) is 18.1 Å². The molecule has 1 rings (SSSR count). The smallest absolute Gasteiger partial charge is 0.140 e. The van der Waals surface area contributed by atoms with Crippen LogP contribution >= 0.6 is 11.8 Å². The minimum atomic E-state index is 0.891. The molecule has 0 fully saturated rings. The molecular formula is C9H15N3S. The molecule has 0 radical (unpaired) electrons. The van der Waals surface area contributed by atoms with E-state index in [9.17, 15) is 0 Å². The zero-order valence-corrected chi connectivity index (χ0v) is 8.90. The summed E-state index contributed by atoms with van der Waals surface area (Å²) in [4.78, 5) is 8.51. The summed E-state index contributed by atoms with van der Waals surface area (Å²) in [6.45, 7) is 2.18. The third-order valence-electron chi connectivity index (χ3n) is 1.54. The second-order valence-corrected chi connectivity index (χ2v) is 3.77. The molecule has 1 aromatic heterocycles. The van der Waals surface area contributed by atoms with Crippen LogP contribution < -0.4 is 5.32 Å². The van der Waals surface area contributed by atoms with Gasteiger partial charge in [0.05, 0.1) is 5.75 Å². The summed E-state index contributed by atoms with van der Waals surface area (Å²) in [5, 5.41) is 3.00. The van der Waals surface area contributed by atoms with Crippen molar-refractivity contribution in [1.29, 1.82) is 0 Å². The standard InChI is InChI=1S/C9H15N3S/c1-3-6-13-7-9-11-5-4-8(10-2)12-9/h4-5H,3,6-7H2,1-2H3,(H,10,11,12). The Hall–Kier alpha value is -0.770. The zero-order valence-electron chi connectivity index (χ0n) is 8.08. The zero-order chi connectivity index (χ0) is 9.52. The van der Waals surface area contributed by atoms with Crippen molar-refractivity contribution < 1.29 is 0 Å². The molecular weight excluding hydrogens is 182 g/mol. The Morgan fingerprint density at radius 1 is 1.54 bits per heavy atom. The number of anilines is 1. The lowest BCUT2D eigenvalue weighted by molar-refractivity contribution is 1.03. The van der Waals surface area contributed by atoms with Crippen LogP contribution in [-0.2, 0) is 5.75 Å². The summed E-state index contributed by atoms with van der Waals surface area (Å²) in [6, 6.07) is 1.87. The lowest BCUT2D eigenvalue weighted by Gasteiger charge is -2.01. The Bertz CT molecular complexity index is 252. The van der Waals surface area contributed by atoms with Gasteiger partial charge in [-0.05, 0) is 18.2 Å². The van der Waals surface area contributed by atoms with Crippen LogP contribution in [0.5, 0.6) is 0 Å². The molecule has 1 N–H and O–H groups in total. The average molecular weight is 197 g/mol. The number of aromatic nitrogens is 2. The van der Waals surface area contributed by atoms with E-state index in [1.165, 1.54) is 12.2 Å². The summed E-state index contributed by atoms with van der Waals surface area (Å²) in [5.74, 6) is 3.88. The molecule has 0 aromatic carbocycles. The van der Waals surface area contributed by atoms with Crippen molar-refractivity contribution in [2.24, 2.45) is 0 Å². The van der Waals surface area contributed by atoms with E-state index in [1.807, 2.05) is 24.9 Å². The van der Waals surface area contributed by atoms with E-state index in [0.717, 1.165) is 17.4 Å². The van der Waals surface area contributed by atoms with Crippen LogP contribution in [0.15, 0.2) is 12.3 Å². The van der Waals surface area contributed by atoms with E-state index in [-0.39, 0.29) is 0 Å². The first-order valence-corrected chi connectivity index (χ1v) is 5.59. The third kappa shape index (κ3) is 3.63. The summed E-state index contributed by atoms with van der Waals surface area (Å²) in [7, 11) is 1.87. The highest BCUT2D eigenvalue weighted by atomic mass is 32.2. The molecule has 0 unspecified atom stereocenters. The van der Waals surface area contributed by atoms with Crippen LogP contribution in [0.1, 0.15) is 19.2 Å². The maximum Gasteiger partial charge on any atom is 0.140 e. The minimum absolute atomic E-state index is 0.891. The first-order valence-electron chi connectivity index (χ1n) is 4.44. The molecule has 0 aliphatic heterocycles. The van der Waals surface area contributed by atoms with Crippen molar-refractivity contribution >= 4 is 17.6 Å². The van der Waals surface area contributed by atoms with Crippen LogP contribution in [0.4, 0.5) is 5.82 Å². The second-order valence-electron chi connectivity index (χ2n) is 2.66. The third-order valence-corrected chi connectivity index (χ3v) is 2.70. The fraction of sp³-hybridized carbons (Fsp3) is 0.556. The molecule has 3 nitrogen and oxygen atoms in total. The van der Waals surface area contributed by atoms with Crippen molar-refractivity contribution in [2.75, 3.05) is 18.1 Å². The van der Waals surface area contributed by atoms with Gasteiger partial charge in [0.2, 0.25) is 0 Å². The van der Waals surface area contributed by atoms with Crippen LogP contribution in [-0.4, -0.2) is 22.8 Å². The molecule has 72 valence electrons. The van der Waals surface area contributed by atoms with Crippen LogP contribution in [0.3, 0.4) is 0 Å². The highest BCUT2D eigenvalue weighted by Gasteiger charge is 1.97. The van der Waals surface area contributed by atoms with Gasteiger partial charge in [-0.15, -0.1) is 0 Å². The highest BCUT2D eigenvalue weighted by Crippen LogP contribution is 2.10. The molecule has 0 saturated carbocycles. The van der Waals surface area contributed by atoms with E-state index < -0.39 is 0 Å². The fourth-order valence-corrected chi connectivity index (χ4v) is 1.67. The predicted molar refractivity (Wildman–Crippen MR) is 58.0 cm³/mol. The molecule has 1 heterocycles. The van der Waals surface area contributed by atoms with Crippen LogP contribution in [0.2, 0.25) is 0 Å². The lowest BCUT2D eigenvalue weighted by Crippen LogP contribution is -1.97. The van der Waals surface area contributed by atoms with Gasteiger partial charge in [0, 0.05) is 13.2 Å². The Morgan fingerprint density at radius 2 is 2.38 bits per heavy atom. The largest absolute Gasteiger partial charge is 0.373 e. The Labute approximate surface area is 83.4 Å². The summed E-state index contributed by atoms with van der Waals surface area (Å²) in [6.07, 6.45) is 3.00. The predicted octanol–water partition coefficient (Wildman–Crippen LogP) is 2.16. The Kier molecular flexibility index (Phi) is 4.60. The van der Waals surface area contributed by atoms with Gasteiger partial charge in [0.1, 0.15) is 11.6 Å². The van der Waals surface area contributed by atoms with Crippen LogP contribution in [0.25, 0.3) is 0 Å². The molecule has 1 aromatic rings. The van der Waals surface area contributed by atoms with Gasteiger partial charge in [-0.3, -0.25) is 0 Å². The average Bonchev–Trinajstić information content (AvgIpc) is 2.19. The highest BCUT2D eigenvalue weighted by molar-refractivity contribution is 7.98. The quantitative estimate of drug-likeness (QED) is 0.734. The van der Waals surface area contributed by atoms with Gasteiger partial charge < -0.3 is 5.32 Å². The van der Waals surface area contributed by atoms with Crippen molar-refractivity contribution in [3.8, 4) is 0 Å². The Morgan fingerprint density at radius 3 is 3.08 bits per heavy atom. The van der Waals surface area contributed by atoms with E-state index in [2.05, 4.69) is 22.2 Å². The molecule has 0 bridgehead atoms. The molecule has 0 amide bonds. The number of nitrogens with zero attached hydrogens (tertiary/aromatic N) is 2. The molecule has 13 heavy (non-hydrogen) atoms. The van der Waals surface area contributed by atoms with Gasteiger partial charge in [-0.25, -0.2) is 9.97 Å². The second kappa shape index (κ2) is 5.80. The number of rotatable bonds is 5. The van der Waals surface area contributed by atoms with Gasteiger partial charge in [-0.1, -0.05) is 6.92 Å². The Balaban J connectivity index is 2.46. The number of thioether (sulfide) groups is 1. The molecule has 0 atom stereocenters. The first kappa shape index (κ1) is 10.3. The summed E-state index contributed by atoms with van der Waals surface area (Å²) in [5.41, 5.74) is 0. The van der Waals surface area contributed by atoms with E-state index in [0.29, 0.717) is 0 Å². The molecule has 0 aliphatic carbocycles. The monoisotopic (exact) mass is 197 g/mol. The van der Waals surface area contributed by atoms with E-state index in [1.54, 1.807) is 6.20 Å². The SMILES string of the molecule is CCCSCc1nccc(NC)n1. The van der Waals surface area contributed by atoms with Crippen molar-refractivity contribution in [2.45, 2.75) is 19.1 Å². The summed E-state index contributed by atoms with van der Waals surface area (Å²) < 4.78 is 0. The van der Waals surface area contributed by atoms with Crippen LogP contribution in [0, 0.1) is 0 Å². The molecule has 0 saturated heterocycles.